The van der Waals surface area contributed by atoms with Gasteiger partial charge in [-0.1, -0.05) is 41.2 Å². The number of carbonyl (C=O) groups excluding carboxylic acids is 3. The lowest BCUT2D eigenvalue weighted by Crippen LogP contribution is -2.66. The Labute approximate surface area is 173 Å². The zero-order chi connectivity index (χ0) is 21.8. The van der Waals surface area contributed by atoms with Crippen molar-refractivity contribution in [2.45, 2.75) is 72.8 Å². The number of ketones is 2. The van der Waals surface area contributed by atoms with Crippen LogP contribution in [0.2, 0.25) is 0 Å². The second kappa shape index (κ2) is 5.60. The molecular formula is C24H34O5. The molecule has 0 aromatic heterocycles. The van der Waals surface area contributed by atoms with Crippen molar-refractivity contribution in [1.29, 1.82) is 0 Å². The molecular weight excluding hydrogens is 368 g/mol. The maximum Gasteiger partial charge on any atom is 0.324 e. The van der Waals surface area contributed by atoms with Crippen LogP contribution in [0.3, 0.4) is 0 Å². The molecule has 5 heteroatoms. The summed E-state index contributed by atoms with van der Waals surface area (Å²) < 4.78 is 5.20. The summed E-state index contributed by atoms with van der Waals surface area (Å²) in [6.45, 7) is 14.5. The Morgan fingerprint density at radius 3 is 2.31 bits per heavy atom. The van der Waals surface area contributed by atoms with Gasteiger partial charge < -0.3 is 9.84 Å². The van der Waals surface area contributed by atoms with E-state index < -0.39 is 39.5 Å². The van der Waals surface area contributed by atoms with E-state index in [-0.39, 0.29) is 17.3 Å². The number of methoxy groups -OCH3 is 1. The maximum atomic E-state index is 13.6. The first kappa shape index (κ1) is 20.8. The van der Waals surface area contributed by atoms with Crippen LogP contribution in [-0.2, 0) is 19.1 Å². The highest BCUT2D eigenvalue weighted by molar-refractivity contribution is 6.13. The second-order valence-electron chi connectivity index (χ2n) is 11.3. The average Bonchev–Trinajstić information content (AvgIpc) is 2.76. The van der Waals surface area contributed by atoms with Crippen molar-refractivity contribution in [3.63, 3.8) is 0 Å². The third kappa shape index (κ3) is 1.94. The van der Waals surface area contributed by atoms with Crippen LogP contribution in [0, 0.1) is 38.9 Å². The number of carbonyl (C=O) groups is 3. The van der Waals surface area contributed by atoms with Gasteiger partial charge in [-0.3, -0.25) is 14.4 Å². The number of hydrogen-bond acceptors (Lipinski definition) is 5. The number of aliphatic hydroxyl groups excluding tert-OH is 1. The topological polar surface area (TPSA) is 80.7 Å². The molecule has 0 radical (unpaired) electrons. The summed E-state index contributed by atoms with van der Waals surface area (Å²) in [6.07, 6.45) is 2.03. The predicted octanol–water partition coefficient (Wildman–Crippen LogP) is 3.48. The number of rotatable bonds is 1. The average molecular weight is 403 g/mol. The third-order valence-corrected chi connectivity index (χ3v) is 10.1. The number of Topliss-reactive ketones (excluding diaryl/α,β-unsaturated/α-hetero) is 2. The summed E-state index contributed by atoms with van der Waals surface area (Å²) in [5.41, 5.74) is -3.17. The summed E-state index contributed by atoms with van der Waals surface area (Å²) in [7, 11) is 1.31. The van der Waals surface area contributed by atoms with Crippen LogP contribution in [-0.4, -0.2) is 35.9 Å². The van der Waals surface area contributed by atoms with Crippen LogP contribution in [0.1, 0.15) is 66.7 Å². The largest absolute Gasteiger partial charge is 0.468 e. The highest BCUT2D eigenvalue weighted by atomic mass is 16.5. The monoisotopic (exact) mass is 402 g/mol. The van der Waals surface area contributed by atoms with Crippen molar-refractivity contribution in [2.24, 2.45) is 38.9 Å². The first-order valence-corrected chi connectivity index (χ1v) is 10.8. The molecule has 4 rings (SSSR count). The van der Waals surface area contributed by atoms with E-state index in [4.69, 9.17) is 4.74 Å². The minimum atomic E-state index is -1.52. The van der Waals surface area contributed by atoms with Gasteiger partial charge in [0.25, 0.3) is 0 Å². The smallest absolute Gasteiger partial charge is 0.324 e. The van der Waals surface area contributed by atoms with Crippen molar-refractivity contribution in [3.05, 3.63) is 12.2 Å². The SMILES string of the molecule is C=C1C2(C)CC3C4(C)CCC(=O)C(C)(C)C4CCC3(C)C1(C(=O)OC)C(=O)C2O. The van der Waals surface area contributed by atoms with E-state index in [0.29, 0.717) is 30.6 Å². The molecule has 4 aliphatic rings. The van der Waals surface area contributed by atoms with Gasteiger partial charge in [-0.15, -0.1) is 0 Å². The first-order valence-electron chi connectivity index (χ1n) is 10.8. The van der Waals surface area contributed by atoms with Crippen molar-refractivity contribution in [1.82, 2.24) is 0 Å². The molecule has 0 aliphatic heterocycles. The van der Waals surface area contributed by atoms with Crippen molar-refractivity contribution in [2.75, 3.05) is 7.11 Å². The minimum Gasteiger partial charge on any atom is -0.468 e. The van der Waals surface area contributed by atoms with Gasteiger partial charge in [-0.2, -0.15) is 0 Å². The summed E-state index contributed by atoms with van der Waals surface area (Å²) in [5, 5.41) is 11.0. The van der Waals surface area contributed by atoms with E-state index in [2.05, 4.69) is 13.5 Å². The van der Waals surface area contributed by atoms with Gasteiger partial charge in [0.05, 0.1) is 7.11 Å². The Bertz CT molecular complexity index is 842. The Hall–Kier alpha value is -1.49. The van der Waals surface area contributed by atoms with Crippen LogP contribution < -0.4 is 0 Å². The molecule has 0 aromatic rings. The van der Waals surface area contributed by atoms with Crippen LogP contribution in [0.25, 0.3) is 0 Å². The molecule has 0 heterocycles. The molecule has 4 saturated carbocycles. The van der Waals surface area contributed by atoms with Gasteiger partial charge >= 0.3 is 5.97 Å². The second-order valence-corrected chi connectivity index (χ2v) is 11.3. The molecule has 29 heavy (non-hydrogen) atoms. The normalized spacial score (nSPS) is 50.7. The first-order chi connectivity index (χ1) is 13.3. The molecule has 160 valence electrons. The number of fused-ring (bicyclic) bond motifs is 6. The third-order valence-electron chi connectivity index (χ3n) is 10.1. The van der Waals surface area contributed by atoms with E-state index in [1.807, 2.05) is 27.7 Å². The summed E-state index contributed by atoms with van der Waals surface area (Å²) in [4.78, 5) is 39.6. The Balaban J connectivity index is 1.97. The molecule has 7 unspecified atom stereocenters. The lowest BCUT2D eigenvalue weighted by molar-refractivity contribution is -0.198. The molecule has 5 nitrogen and oxygen atoms in total. The Kier molecular flexibility index (Phi) is 4.01. The van der Waals surface area contributed by atoms with Crippen molar-refractivity contribution in [3.8, 4) is 0 Å². The molecule has 0 saturated heterocycles. The molecule has 7 atom stereocenters. The van der Waals surface area contributed by atoms with Gasteiger partial charge in [0.2, 0.25) is 0 Å². The van der Waals surface area contributed by atoms with E-state index in [0.717, 1.165) is 12.8 Å². The molecule has 0 aromatic carbocycles. The minimum absolute atomic E-state index is 0.0109. The van der Waals surface area contributed by atoms with Gasteiger partial charge in [0, 0.05) is 17.3 Å². The zero-order valence-corrected chi connectivity index (χ0v) is 18.6. The number of hydrogen-bond donors (Lipinski definition) is 1. The fourth-order valence-corrected chi connectivity index (χ4v) is 8.39. The maximum absolute atomic E-state index is 13.6. The molecule has 0 spiro atoms. The highest BCUT2D eigenvalue weighted by Gasteiger charge is 2.80. The van der Waals surface area contributed by atoms with Gasteiger partial charge in [0.1, 0.15) is 11.9 Å². The van der Waals surface area contributed by atoms with Gasteiger partial charge in [0.15, 0.2) is 11.2 Å². The standard InChI is InChI=1S/C24H34O5/c1-13-22(5)12-15-21(4)10-9-16(25)20(2,3)14(21)8-11-23(15,6)24(13,19(28)29-7)18(27)17(22)26/h14-15,17,26H,1,8-12H2,2-7H3. The predicted molar refractivity (Wildman–Crippen MR) is 108 cm³/mol. The van der Waals surface area contributed by atoms with Crippen LogP contribution in [0.4, 0.5) is 0 Å². The summed E-state index contributed by atoms with van der Waals surface area (Å²) >= 11 is 0. The van der Waals surface area contributed by atoms with Gasteiger partial charge in [-0.05, 0) is 53.9 Å². The lowest BCUT2D eigenvalue weighted by atomic mass is 9.35. The van der Waals surface area contributed by atoms with Gasteiger partial charge in [-0.25, -0.2) is 0 Å². The fourth-order valence-electron chi connectivity index (χ4n) is 8.39. The Morgan fingerprint density at radius 1 is 1.10 bits per heavy atom. The molecule has 0 amide bonds. The van der Waals surface area contributed by atoms with Crippen LogP contribution >= 0.6 is 0 Å². The van der Waals surface area contributed by atoms with Crippen molar-refractivity contribution >= 4 is 17.5 Å². The summed E-state index contributed by atoms with van der Waals surface area (Å²) in [6, 6.07) is 0. The fraction of sp³-hybridized carbons (Fsp3) is 0.792. The molecule has 4 fully saturated rings. The van der Waals surface area contributed by atoms with Crippen LogP contribution in [0.5, 0.6) is 0 Å². The molecule has 4 aliphatic carbocycles. The Morgan fingerprint density at radius 2 is 1.72 bits per heavy atom. The zero-order valence-electron chi connectivity index (χ0n) is 18.6. The summed E-state index contributed by atoms with van der Waals surface area (Å²) in [5.74, 6) is -0.537. The highest BCUT2D eigenvalue weighted by Crippen LogP contribution is 2.77. The number of ether oxygens (including phenoxy) is 1. The number of esters is 1. The quantitative estimate of drug-likeness (QED) is 0.413. The van der Waals surface area contributed by atoms with E-state index in [9.17, 15) is 19.5 Å². The number of aliphatic hydroxyl groups is 1. The van der Waals surface area contributed by atoms with E-state index in [1.54, 1.807) is 0 Å². The van der Waals surface area contributed by atoms with E-state index >= 15 is 0 Å². The lowest BCUT2D eigenvalue weighted by Gasteiger charge is -2.67. The van der Waals surface area contributed by atoms with Crippen LogP contribution in [0.15, 0.2) is 12.2 Å². The molecule has 1 N–H and O–H groups in total. The van der Waals surface area contributed by atoms with E-state index in [1.165, 1.54) is 7.11 Å². The van der Waals surface area contributed by atoms with Crippen molar-refractivity contribution < 1.29 is 24.2 Å². The molecule has 2 bridgehead atoms.